The van der Waals surface area contributed by atoms with Gasteiger partial charge in [0.1, 0.15) is 23.3 Å². The first-order valence-corrected chi connectivity index (χ1v) is 8.24. The van der Waals surface area contributed by atoms with Crippen molar-refractivity contribution in [2.45, 2.75) is 18.4 Å². The summed E-state index contributed by atoms with van der Waals surface area (Å²) in [6.07, 6.45) is 0.822. The minimum Gasteiger partial charge on any atom is -0.325 e. The second kappa shape index (κ2) is 8.00. The van der Waals surface area contributed by atoms with E-state index in [9.17, 15) is 4.79 Å². The highest BCUT2D eigenvalue weighted by molar-refractivity contribution is 7.99. The predicted molar refractivity (Wildman–Crippen MR) is 92.0 cm³/mol. The Morgan fingerprint density at radius 1 is 1.29 bits per heavy atom. The maximum atomic E-state index is 12.1. The van der Waals surface area contributed by atoms with Crippen LogP contribution in [0.15, 0.2) is 35.4 Å². The number of aryl methyl sites for hydroxylation is 1. The van der Waals surface area contributed by atoms with Gasteiger partial charge in [-0.25, -0.2) is 4.98 Å². The van der Waals surface area contributed by atoms with Gasteiger partial charge in [-0.2, -0.15) is 10.5 Å². The van der Waals surface area contributed by atoms with Crippen molar-refractivity contribution in [3.8, 4) is 12.1 Å². The summed E-state index contributed by atoms with van der Waals surface area (Å²) >= 11 is 1.17. The summed E-state index contributed by atoms with van der Waals surface area (Å²) in [4.78, 5) is 15.0. The van der Waals surface area contributed by atoms with Crippen molar-refractivity contribution in [3.05, 3.63) is 47.0 Å². The lowest BCUT2D eigenvalue weighted by molar-refractivity contribution is -0.410. The molecule has 120 valence electrons. The first kappa shape index (κ1) is 17.3. The largest absolute Gasteiger partial charge is 0.325 e. The lowest BCUT2D eigenvalue weighted by Crippen LogP contribution is -2.20. The number of nitriles is 2. The summed E-state index contributed by atoms with van der Waals surface area (Å²) in [7, 11) is 0. The van der Waals surface area contributed by atoms with Crippen LogP contribution in [-0.2, 0) is 11.2 Å². The second-order valence-electron chi connectivity index (χ2n) is 4.91. The number of anilines is 2. The standard InChI is InChI=1S/C17H15N5OS/c1-2-11-5-3-4-6-14(11)21-15(23)10-24-17-13(9-19)7-12(8-18)16(20)22-17/h3-7H,2,10H2,1H3,(H2,20,22)(H,21,23)/p+1. The number of aromatic amines is 1. The second-order valence-corrected chi connectivity index (χ2v) is 5.90. The van der Waals surface area contributed by atoms with E-state index in [2.05, 4.69) is 10.3 Å². The molecule has 2 aromatic rings. The van der Waals surface area contributed by atoms with Crippen LogP contribution in [0.3, 0.4) is 0 Å². The molecule has 0 saturated heterocycles. The number of carbonyl (C=O) groups is 1. The van der Waals surface area contributed by atoms with Crippen molar-refractivity contribution in [2.75, 3.05) is 16.8 Å². The first-order valence-electron chi connectivity index (χ1n) is 7.25. The molecule has 0 bridgehead atoms. The molecule has 2 rings (SSSR count). The topological polar surface area (TPSA) is 117 Å². The molecule has 24 heavy (non-hydrogen) atoms. The minimum atomic E-state index is -0.180. The number of carbonyl (C=O) groups excluding carboxylic acids is 1. The number of benzene rings is 1. The molecule has 1 aromatic carbocycles. The molecule has 1 aromatic heterocycles. The molecule has 1 amide bonds. The minimum absolute atomic E-state index is 0.120. The van der Waals surface area contributed by atoms with Gasteiger partial charge in [-0.15, -0.1) is 0 Å². The summed E-state index contributed by atoms with van der Waals surface area (Å²) in [5, 5.41) is 21.4. The fourth-order valence-corrected chi connectivity index (χ4v) is 2.90. The van der Waals surface area contributed by atoms with Crippen LogP contribution in [0.4, 0.5) is 11.5 Å². The van der Waals surface area contributed by atoms with Crippen molar-refractivity contribution >= 4 is 29.2 Å². The SMILES string of the molecule is CCc1ccccc1NC(=O)CSc1[nH+]c(N)c(C#N)cc1C#N. The van der Waals surface area contributed by atoms with E-state index in [4.69, 9.17) is 16.3 Å². The van der Waals surface area contributed by atoms with E-state index in [0.29, 0.717) is 5.03 Å². The van der Waals surface area contributed by atoms with Gasteiger partial charge >= 0.3 is 0 Å². The highest BCUT2D eigenvalue weighted by Gasteiger charge is 2.16. The molecule has 7 heteroatoms. The summed E-state index contributed by atoms with van der Waals surface area (Å²) in [6, 6.07) is 12.9. The number of amides is 1. The van der Waals surface area contributed by atoms with Crippen molar-refractivity contribution < 1.29 is 9.78 Å². The summed E-state index contributed by atoms with van der Waals surface area (Å²) in [5.41, 5.74) is 8.06. The highest BCUT2D eigenvalue weighted by atomic mass is 32.2. The zero-order chi connectivity index (χ0) is 17.5. The molecule has 0 aliphatic carbocycles. The van der Waals surface area contributed by atoms with Crippen LogP contribution < -0.4 is 16.0 Å². The average molecular weight is 338 g/mol. The molecular weight excluding hydrogens is 322 g/mol. The molecule has 0 saturated carbocycles. The Morgan fingerprint density at radius 3 is 2.67 bits per heavy atom. The van der Waals surface area contributed by atoms with Crippen LogP contribution in [0.25, 0.3) is 0 Å². The number of hydrogen-bond acceptors (Lipinski definition) is 5. The summed E-state index contributed by atoms with van der Waals surface area (Å²) < 4.78 is 0. The van der Waals surface area contributed by atoms with Crippen molar-refractivity contribution in [2.24, 2.45) is 0 Å². The Morgan fingerprint density at radius 2 is 2.00 bits per heavy atom. The third kappa shape index (κ3) is 4.03. The normalized spacial score (nSPS) is 9.79. The fourth-order valence-electron chi connectivity index (χ4n) is 2.11. The van der Waals surface area contributed by atoms with Gasteiger partial charge in [-0.1, -0.05) is 36.9 Å². The van der Waals surface area contributed by atoms with Gasteiger partial charge in [-0.3, -0.25) is 10.5 Å². The predicted octanol–water partition coefficient (Wildman–Crippen LogP) is 2.12. The smallest absolute Gasteiger partial charge is 0.289 e. The number of aromatic nitrogens is 1. The Balaban J connectivity index is 2.08. The monoisotopic (exact) mass is 338 g/mol. The van der Waals surface area contributed by atoms with Gasteiger partial charge in [-0.05, 0) is 24.1 Å². The Hall–Kier alpha value is -3.03. The maximum absolute atomic E-state index is 12.1. The molecule has 4 N–H and O–H groups in total. The van der Waals surface area contributed by atoms with Crippen molar-refractivity contribution in [3.63, 3.8) is 0 Å². The number of H-pyrrole nitrogens is 1. The van der Waals surface area contributed by atoms with Crippen LogP contribution in [0.5, 0.6) is 0 Å². The Kier molecular flexibility index (Phi) is 5.78. The molecule has 0 fully saturated rings. The third-order valence-corrected chi connectivity index (χ3v) is 4.35. The molecule has 0 radical (unpaired) electrons. The molecule has 0 atom stereocenters. The number of pyridine rings is 1. The van der Waals surface area contributed by atoms with Crippen LogP contribution in [0.1, 0.15) is 23.6 Å². The highest BCUT2D eigenvalue weighted by Crippen LogP contribution is 2.21. The van der Waals surface area contributed by atoms with Gasteiger partial charge in [0.05, 0.1) is 5.75 Å². The lowest BCUT2D eigenvalue weighted by Gasteiger charge is -2.09. The van der Waals surface area contributed by atoms with E-state index in [-0.39, 0.29) is 28.6 Å². The summed E-state index contributed by atoms with van der Waals surface area (Å²) in [5.74, 6) is 0.117. The average Bonchev–Trinajstić information content (AvgIpc) is 2.60. The number of hydrogen-bond donors (Lipinski definition) is 2. The van der Waals surface area contributed by atoms with E-state index in [1.54, 1.807) is 0 Å². The van der Waals surface area contributed by atoms with Crippen molar-refractivity contribution in [1.29, 1.82) is 10.5 Å². The third-order valence-electron chi connectivity index (χ3n) is 3.33. The van der Waals surface area contributed by atoms with Gasteiger partial charge in [0.25, 0.3) is 5.82 Å². The van der Waals surface area contributed by atoms with E-state index >= 15 is 0 Å². The van der Waals surface area contributed by atoms with Gasteiger partial charge in [0, 0.05) is 5.69 Å². The number of nitrogen functional groups attached to an aromatic ring is 1. The fraction of sp³-hybridized carbons (Fsp3) is 0.176. The van der Waals surface area contributed by atoms with Crippen LogP contribution in [0, 0.1) is 22.7 Å². The number of nitrogens with zero attached hydrogens (tertiary/aromatic N) is 2. The van der Waals surface area contributed by atoms with E-state index in [1.807, 2.05) is 43.3 Å². The van der Waals surface area contributed by atoms with Crippen molar-refractivity contribution in [1.82, 2.24) is 0 Å². The zero-order valence-electron chi connectivity index (χ0n) is 13.1. The zero-order valence-corrected chi connectivity index (χ0v) is 13.9. The Labute approximate surface area is 144 Å². The van der Waals surface area contributed by atoms with Crippen LogP contribution >= 0.6 is 11.8 Å². The lowest BCUT2D eigenvalue weighted by atomic mass is 10.1. The first-order chi connectivity index (χ1) is 11.6. The molecule has 0 aliphatic heterocycles. The molecule has 6 nitrogen and oxygen atoms in total. The van der Waals surface area contributed by atoms with E-state index in [1.165, 1.54) is 17.8 Å². The molecular formula is C17H16N5OS+. The number of para-hydroxylation sites is 1. The Bertz CT molecular complexity index is 851. The molecule has 1 heterocycles. The van der Waals surface area contributed by atoms with E-state index in [0.717, 1.165) is 17.7 Å². The molecule has 0 unspecified atom stereocenters. The van der Waals surface area contributed by atoms with Gasteiger partial charge in [0.2, 0.25) is 5.91 Å². The number of rotatable bonds is 5. The molecule has 0 aliphatic rings. The van der Waals surface area contributed by atoms with Gasteiger partial charge in [0.15, 0.2) is 5.03 Å². The number of nitrogens with one attached hydrogen (secondary N) is 2. The van der Waals surface area contributed by atoms with Crippen LogP contribution in [-0.4, -0.2) is 11.7 Å². The number of thioether (sulfide) groups is 1. The summed E-state index contributed by atoms with van der Waals surface area (Å²) in [6.45, 7) is 2.02. The maximum Gasteiger partial charge on any atom is 0.289 e. The number of nitrogens with two attached hydrogens (primary N) is 1. The molecule has 0 spiro atoms. The van der Waals surface area contributed by atoms with Crippen LogP contribution in [0.2, 0.25) is 0 Å². The van der Waals surface area contributed by atoms with E-state index < -0.39 is 0 Å². The quantitative estimate of drug-likeness (QED) is 0.810. The van der Waals surface area contributed by atoms with Gasteiger partial charge < -0.3 is 5.32 Å².